The highest BCUT2D eigenvalue weighted by Gasteiger charge is 2.54. The Bertz CT molecular complexity index is 1570. The number of nitrogens with one attached hydrogen (secondary N) is 1. The number of benzene rings is 2. The smallest absolute Gasteiger partial charge is 0.407 e. The van der Waals surface area contributed by atoms with Gasteiger partial charge in [0, 0.05) is 55.8 Å². The Kier molecular flexibility index (Phi) is 10.0. The molecule has 3 atom stereocenters. The molecule has 3 aliphatic heterocycles. The SMILES string of the molecule is COCC1(CN2CCC([C@@](CN3CCC3)(c3cccc(F)c3)[C@H]3CCC[C@@H]3NC(=O)OC)CC2)CN(c2ccc(S(=O)(=O)C3CC3)cc2)C1. The highest BCUT2D eigenvalue weighted by atomic mass is 32.2. The molecule has 1 amide bonds. The van der Waals surface area contributed by atoms with Crippen molar-refractivity contribution in [3.63, 3.8) is 0 Å². The summed E-state index contributed by atoms with van der Waals surface area (Å²) in [6.45, 7) is 8.26. The van der Waals surface area contributed by atoms with E-state index in [1.165, 1.54) is 13.5 Å². The number of halogens is 1. The number of hydrogen-bond donors (Lipinski definition) is 1. The van der Waals surface area contributed by atoms with Crippen LogP contribution >= 0.6 is 0 Å². The van der Waals surface area contributed by atoms with Gasteiger partial charge < -0.3 is 29.5 Å². The van der Waals surface area contributed by atoms with Gasteiger partial charge in [0.25, 0.3) is 0 Å². The van der Waals surface area contributed by atoms with Gasteiger partial charge in [-0.25, -0.2) is 17.6 Å². The van der Waals surface area contributed by atoms with Gasteiger partial charge in [0.2, 0.25) is 0 Å². The zero-order chi connectivity index (χ0) is 34.2. The quantitative estimate of drug-likeness (QED) is 0.310. The Morgan fingerprint density at radius 2 is 1.67 bits per heavy atom. The molecule has 2 aromatic rings. The number of rotatable bonds is 13. The van der Waals surface area contributed by atoms with Crippen LogP contribution < -0.4 is 10.2 Å². The third kappa shape index (κ3) is 6.97. The van der Waals surface area contributed by atoms with Crippen LogP contribution in [0.5, 0.6) is 0 Å². The number of nitrogens with zero attached hydrogens (tertiary/aromatic N) is 3. The van der Waals surface area contributed by atoms with Crippen molar-refractivity contribution < 1.29 is 27.1 Å². The summed E-state index contributed by atoms with van der Waals surface area (Å²) in [5.74, 6) is 0.336. The number of likely N-dealkylation sites (tertiary alicyclic amines) is 2. The summed E-state index contributed by atoms with van der Waals surface area (Å²) < 4.78 is 51.2. The molecule has 2 aromatic carbocycles. The van der Waals surface area contributed by atoms with E-state index in [1.54, 1.807) is 31.4 Å². The van der Waals surface area contributed by atoms with Gasteiger partial charge in [0.05, 0.1) is 23.9 Å². The lowest BCUT2D eigenvalue weighted by Crippen LogP contribution is -2.64. The van der Waals surface area contributed by atoms with Gasteiger partial charge >= 0.3 is 6.09 Å². The van der Waals surface area contributed by atoms with Crippen LogP contribution in [0.3, 0.4) is 0 Å². The molecule has 7 rings (SSSR count). The van der Waals surface area contributed by atoms with E-state index in [0.717, 1.165) is 109 Å². The normalized spacial score (nSPS) is 26.1. The van der Waals surface area contributed by atoms with Gasteiger partial charge in [-0.1, -0.05) is 18.6 Å². The fourth-order valence-electron chi connectivity index (χ4n) is 9.72. The number of ether oxygens (including phenoxy) is 2. The van der Waals surface area contributed by atoms with Crippen LogP contribution in [0.1, 0.15) is 56.9 Å². The average Bonchev–Trinajstić information content (AvgIpc) is 3.84. The standard InChI is InChI=1S/C38H53FN4O5S/c1-47-27-37(24-43(25-37)31-10-12-32(13-11-31)49(45,46)33-14-15-33)23-42-20-16-28(17-21-42)38(26-41-18-5-19-41,29-6-3-7-30(39)22-29)34-8-4-9-35(34)40-36(44)48-2/h3,6-7,10-13,22,28,33-35H,4-5,8-9,14-21,23-27H2,1-2H3,(H,40,44)/t34-,35-,38-/m0/s1. The van der Waals surface area contributed by atoms with Crippen molar-refractivity contribution in [2.75, 3.05) is 78.1 Å². The zero-order valence-corrected chi connectivity index (χ0v) is 29.9. The number of carbonyl (C=O) groups is 1. The molecule has 5 fully saturated rings. The Morgan fingerprint density at radius 3 is 2.29 bits per heavy atom. The number of amides is 1. The van der Waals surface area contributed by atoms with Crippen molar-refractivity contribution in [3.05, 3.63) is 59.9 Å². The maximum atomic E-state index is 15.0. The fraction of sp³-hybridized carbons (Fsp3) is 0.658. The second-order valence-corrected chi connectivity index (χ2v) is 17.8. The highest BCUT2D eigenvalue weighted by molar-refractivity contribution is 7.92. The summed E-state index contributed by atoms with van der Waals surface area (Å²) in [5.41, 5.74) is 1.84. The van der Waals surface area contributed by atoms with E-state index in [-0.39, 0.29) is 40.0 Å². The summed E-state index contributed by atoms with van der Waals surface area (Å²) >= 11 is 0. The van der Waals surface area contributed by atoms with Crippen molar-refractivity contribution in [1.29, 1.82) is 0 Å². The number of carbonyl (C=O) groups excluding carboxylic acids is 1. The van der Waals surface area contributed by atoms with Crippen molar-refractivity contribution in [2.24, 2.45) is 17.3 Å². The molecule has 49 heavy (non-hydrogen) atoms. The Balaban J connectivity index is 1.07. The molecule has 2 aliphatic carbocycles. The molecule has 9 nitrogen and oxygen atoms in total. The fourth-order valence-corrected chi connectivity index (χ4v) is 11.4. The van der Waals surface area contributed by atoms with E-state index in [1.807, 2.05) is 18.2 Å². The van der Waals surface area contributed by atoms with E-state index < -0.39 is 9.84 Å². The topological polar surface area (TPSA) is 91.4 Å². The summed E-state index contributed by atoms with van der Waals surface area (Å²) in [6.07, 6.45) is 7.30. The van der Waals surface area contributed by atoms with E-state index in [0.29, 0.717) is 17.4 Å². The van der Waals surface area contributed by atoms with Gasteiger partial charge in [0.15, 0.2) is 9.84 Å². The molecule has 0 radical (unpaired) electrons. The molecule has 268 valence electrons. The van der Waals surface area contributed by atoms with Crippen LogP contribution in [0.15, 0.2) is 53.4 Å². The first-order chi connectivity index (χ1) is 23.7. The van der Waals surface area contributed by atoms with E-state index in [2.05, 4.69) is 26.1 Å². The lowest BCUT2D eigenvalue weighted by Gasteiger charge is -2.56. The van der Waals surface area contributed by atoms with Crippen LogP contribution in [0.4, 0.5) is 14.9 Å². The lowest BCUT2D eigenvalue weighted by atomic mass is 9.57. The minimum Gasteiger partial charge on any atom is -0.453 e. The minimum absolute atomic E-state index is 0.00138. The second kappa shape index (κ2) is 14.1. The van der Waals surface area contributed by atoms with E-state index >= 15 is 4.39 Å². The first-order valence-electron chi connectivity index (χ1n) is 18.3. The van der Waals surface area contributed by atoms with E-state index in [9.17, 15) is 13.2 Å². The molecular formula is C38H53FN4O5S. The Hall–Kier alpha value is -2.73. The van der Waals surface area contributed by atoms with Crippen LogP contribution in [0, 0.1) is 23.1 Å². The number of hydrogen-bond acceptors (Lipinski definition) is 8. The van der Waals surface area contributed by atoms with Crippen molar-refractivity contribution >= 4 is 21.6 Å². The summed E-state index contributed by atoms with van der Waals surface area (Å²) in [7, 11) is 0.00314. The van der Waals surface area contributed by atoms with Crippen molar-refractivity contribution in [1.82, 2.24) is 15.1 Å². The van der Waals surface area contributed by atoms with Gasteiger partial charge in [-0.3, -0.25) is 0 Å². The molecule has 5 aliphatic rings. The summed E-state index contributed by atoms with van der Waals surface area (Å²) in [4.78, 5) is 20.4. The molecule has 0 spiro atoms. The predicted molar refractivity (Wildman–Crippen MR) is 188 cm³/mol. The highest BCUT2D eigenvalue weighted by Crippen LogP contribution is 2.52. The molecular weight excluding hydrogens is 644 g/mol. The minimum atomic E-state index is -3.19. The van der Waals surface area contributed by atoms with Gasteiger partial charge in [-0.2, -0.15) is 0 Å². The lowest BCUT2D eigenvalue weighted by molar-refractivity contribution is -0.00634. The number of alkyl carbamates (subject to hydrolysis) is 1. The summed E-state index contributed by atoms with van der Waals surface area (Å²) in [6, 6.07) is 14.7. The van der Waals surface area contributed by atoms with Crippen molar-refractivity contribution in [2.45, 2.75) is 73.0 Å². The van der Waals surface area contributed by atoms with Crippen molar-refractivity contribution in [3.8, 4) is 0 Å². The summed E-state index contributed by atoms with van der Waals surface area (Å²) in [5, 5.41) is 2.99. The van der Waals surface area contributed by atoms with Gasteiger partial charge in [0.1, 0.15) is 5.82 Å². The van der Waals surface area contributed by atoms with Crippen LogP contribution in [0.2, 0.25) is 0 Å². The first kappa shape index (κ1) is 34.7. The molecule has 0 bridgehead atoms. The number of sulfone groups is 1. The third-order valence-corrected chi connectivity index (χ3v) is 14.6. The van der Waals surface area contributed by atoms with Crippen LogP contribution in [-0.2, 0) is 24.7 Å². The maximum absolute atomic E-state index is 15.0. The molecule has 0 unspecified atom stereocenters. The molecule has 1 N–H and O–H groups in total. The molecule has 0 aromatic heterocycles. The molecule has 11 heteroatoms. The molecule has 3 saturated heterocycles. The van der Waals surface area contributed by atoms with Crippen LogP contribution in [0.25, 0.3) is 0 Å². The van der Waals surface area contributed by atoms with Crippen LogP contribution in [-0.4, -0.2) is 109 Å². The van der Waals surface area contributed by atoms with Gasteiger partial charge in [-0.15, -0.1) is 0 Å². The largest absolute Gasteiger partial charge is 0.453 e. The Morgan fingerprint density at radius 1 is 0.939 bits per heavy atom. The van der Waals surface area contributed by atoms with E-state index in [4.69, 9.17) is 9.47 Å². The number of methoxy groups -OCH3 is 2. The monoisotopic (exact) mass is 696 g/mol. The predicted octanol–water partition coefficient (Wildman–Crippen LogP) is 5.10. The maximum Gasteiger partial charge on any atom is 0.407 e. The number of anilines is 1. The van der Waals surface area contributed by atoms with Gasteiger partial charge in [-0.05, 0) is 125 Å². The Labute approximate surface area is 291 Å². The average molecular weight is 697 g/mol. The second-order valence-electron chi connectivity index (χ2n) is 15.5. The number of piperidine rings is 1. The molecule has 2 saturated carbocycles. The molecule has 3 heterocycles. The zero-order valence-electron chi connectivity index (χ0n) is 29.1. The first-order valence-corrected chi connectivity index (χ1v) is 19.8. The third-order valence-electron chi connectivity index (χ3n) is 12.3.